The number of rotatable bonds is 2. The summed E-state index contributed by atoms with van der Waals surface area (Å²) < 4.78 is 9.74. The molecule has 1 fully saturated rings. The van der Waals surface area contributed by atoms with E-state index in [9.17, 15) is 0 Å². The molecular weight excluding hydrogens is 106 g/mol. The van der Waals surface area contributed by atoms with Crippen LogP contribution < -0.4 is 0 Å². The maximum absolute atomic E-state index is 6.54. The first kappa shape index (κ1) is 5.56. The second-order valence-electron chi connectivity index (χ2n) is 1.70. The van der Waals surface area contributed by atoms with Crippen LogP contribution in [0.25, 0.3) is 0 Å². The Morgan fingerprint density at radius 1 is 1.75 bits per heavy atom. The largest absolute Gasteiger partial charge is 0.455 e. The van der Waals surface area contributed by atoms with Gasteiger partial charge in [0.25, 0.3) is 0 Å². The topological polar surface area (TPSA) is 42.3 Å². The van der Waals surface area contributed by atoms with E-state index in [1.165, 1.54) is 0 Å². The fourth-order valence-corrected chi connectivity index (χ4v) is 0.731. The third-order valence-corrected chi connectivity index (χ3v) is 1.11. The minimum absolute atomic E-state index is 0.132. The molecule has 1 N–H and O–H groups in total. The maximum Gasteiger partial charge on any atom is 0.201 e. The lowest BCUT2D eigenvalue weighted by atomic mass is 10.4. The molecule has 1 atom stereocenters. The molecule has 3 heteroatoms. The summed E-state index contributed by atoms with van der Waals surface area (Å²) in [4.78, 5) is 0. The highest BCUT2D eigenvalue weighted by molar-refractivity contribution is 5.41. The van der Waals surface area contributed by atoms with Gasteiger partial charge in [-0.2, -0.15) is 0 Å². The van der Waals surface area contributed by atoms with Crippen LogP contribution in [0.3, 0.4) is 0 Å². The number of ether oxygens (including phenoxy) is 2. The zero-order valence-electron chi connectivity index (χ0n) is 4.59. The van der Waals surface area contributed by atoms with Crippen LogP contribution in [0.15, 0.2) is 0 Å². The molecular formula is C5H9NO2. The second kappa shape index (κ2) is 2.67. The van der Waals surface area contributed by atoms with Crippen molar-refractivity contribution >= 4 is 6.40 Å². The highest BCUT2D eigenvalue weighted by Gasteiger charge is 2.14. The molecule has 0 aliphatic carbocycles. The maximum atomic E-state index is 6.54. The summed E-state index contributed by atoms with van der Waals surface area (Å²) >= 11 is 0. The molecule has 1 aliphatic heterocycles. The standard InChI is InChI=1S/C5H9NO2/c6-4-8-5-2-1-3-7-5/h4-6H,1-3H2. The van der Waals surface area contributed by atoms with Gasteiger partial charge >= 0.3 is 0 Å². The smallest absolute Gasteiger partial charge is 0.201 e. The summed E-state index contributed by atoms with van der Waals surface area (Å²) in [6, 6.07) is 0. The number of nitrogens with one attached hydrogen (secondary N) is 1. The first-order valence-corrected chi connectivity index (χ1v) is 2.69. The quantitative estimate of drug-likeness (QED) is 0.426. The van der Waals surface area contributed by atoms with Crippen molar-refractivity contribution in [1.82, 2.24) is 0 Å². The summed E-state index contributed by atoms with van der Waals surface area (Å²) in [6.07, 6.45) is 2.77. The summed E-state index contributed by atoms with van der Waals surface area (Å²) in [5.41, 5.74) is 0. The van der Waals surface area contributed by atoms with Crippen LogP contribution in [0.2, 0.25) is 0 Å². The molecule has 0 aromatic rings. The van der Waals surface area contributed by atoms with E-state index in [1.54, 1.807) is 0 Å². The Morgan fingerprint density at radius 2 is 2.62 bits per heavy atom. The Balaban J connectivity index is 2.14. The zero-order chi connectivity index (χ0) is 5.82. The van der Waals surface area contributed by atoms with E-state index in [1.807, 2.05) is 0 Å². The van der Waals surface area contributed by atoms with Crippen molar-refractivity contribution in [2.75, 3.05) is 6.61 Å². The van der Waals surface area contributed by atoms with Gasteiger partial charge in [0.15, 0.2) is 6.40 Å². The highest BCUT2D eigenvalue weighted by atomic mass is 16.7. The van der Waals surface area contributed by atoms with Crippen molar-refractivity contribution < 1.29 is 9.47 Å². The fraction of sp³-hybridized carbons (Fsp3) is 0.800. The molecule has 3 nitrogen and oxygen atoms in total. The van der Waals surface area contributed by atoms with Crippen LogP contribution in [0.4, 0.5) is 0 Å². The van der Waals surface area contributed by atoms with Crippen molar-refractivity contribution in [2.24, 2.45) is 0 Å². The van der Waals surface area contributed by atoms with E-state index in [0.717, 1.165) is 25.8 Å². The molecule has 0 saturated carbocycles. The molecule has 1 aliphatic rings. The van der Waals surface area contributed by atoms with E-state index in [-0.39, 0.29) is 6.29 Å². The third-order valence-electron chi connectivity index (χ3n) is 1.11. The lowest BCUT2D eigenvalue weighted by Gasteiger charge is -2.04. The molecule has 0 aromatic carbocycles. The molecule has 0 radical (unpaired) electrons. The highest BCUT2D eigenvalue weighted by Crippen LogP contribution is 2.11. The van der Waals surface area contributed by atoms with Crippen molar-refractivity contribution in [2.45, 2.75) is 19.1 Å². The normalized spacial score (nSPS) is 27.8. The predicted octanol–water partition coefficient (Wildman–Crippen LogP) is 0.747. The van der Waals surface area contributed by atoms with Crippen molar-refractivity contribution in [3.63, 3.8) is 0 Å². The van der Waals surface area contributed by atoms with E-state index in [2.05, 4.69) is 0 Å². The van der Waals surface area contributed by atoms with Gasteiger partial charge in [-0.25, -0.2) is 0 Å². The van der Waals surface area contributed by atoms with Gasteiger partial charge in [0.05, 0.1) is 6.61 Å². The molecule has 0 aromatic heterocycles. The third kappa shape index (κ3) is 1.20. The minimum Gasteiger partial charge on any atom is -0.455 e. The van der Waals surface area contributed by atoms with Crippen LogP contribution >= 0.6 is 0 Å². The van der Waals surface area contributed by atoms with Gasteiger partial charge in [-0.1, -0.05) is 0 Å². The Morgan fingerprint density at radius 3 is 3.12 bits per heavy atom. The molecule has 0 bridgehead atoms. The van der Waals surface area contributed by atoms with Gasteiger partial charge < -0.3 is 9.47 Å². The van der Waals surface area contributed by atoms with Crippen molar-refractivity contribution in [1.29, 1.82) is 5.41 Å². The SMILES string of the molecule is N=COC1CCCO1. The van der Waals surface area contributed by atoms with E-state index in [4.69, 9.17) is 14.9 Å². The fourth-order valence-electron chi connectivity index (χ4n) is 0.731. The summed E-state index contributed by atoms with van der Waals surface area (Å²) in [5.74, 6) is 0. The number of hydrogen-bond donors (Lipinski definition) is 1. The van der Waals surface area contributed by atoms with Gasteiger partial charge in [0.2, 0.25) is 6.29 Å². The van der Waals surface area contributed by atoms with Crippen LogP contribution in [0.5, 0.6) is 0 Å². The Bertz CT molecular complexity index is 78.5. The molecule has 0 spiro atoms. The van der Waals surface area contributed by atoms with Crippen LogP contribution in [0.1, 0.15) is 12.8 Å². The second-order valence-corrected chi connectivity index (χ2v) is 1.70. The molecule has 1 heterocycles. The van der Waals surface area contributed by atoms with Gasteiger partial charge in [-0.15, -0.1) is 0 Å². The first-order chi connectivity index (χ1) is 3.93. The Hall–Kier alpha value is -0.570. The lowest BCUT2D eigenvalue weighted by Crippen LogP contribution is -2.07. The molecule has 0 amide bonds. The zero-order valence-corrected chi connectivity index (χ0v) is 4.59. The molecule has 1 unspecified atom stereocenters. The average Bonchev–Trinajstić information content (AvgIpc) is 2.19. The summed E-state index contributed by atoms with van der Waals surface area (Å²) in [5, 5.41) is 6.54. The van der Waals surface area contributed by atoms with Gasteiger partial charge in [0.1, 0.15) is 0 Å². The summed E-state index contributed by atoms with van der Waals surface area (Å²) in [7, 11) is 0. The molecule has 1 rings (SSSR count). The van der Waals surface area contributed by atoms with E-state index < -0.39 is 0 Å². The van der Waals surface area contributed by atoms with E-state index >= 15 is 0 Å². The van der Waals surface area contributed by atoms with Crippen molar-refractivity contribution in [3.8, 4) is 0 Å². The van der Waals surface area contributed by atoms with Gasteiger partial charge in [-0.3, -0.25) is 5.41 Å². The first-order valence-electron chi connectivity index (χ1n) is 2.69. The van der Waals surface area contributed by atoms with Crippen LogP contribution in [0, 0.1) is 5.41 Å². The van der Waals surface area contributed by atoms with E-state index in [0.29, 0.717) is 0 Å². The Kier molecular flexibility index (Phi) is 1.86. The number of hydrogen-bond acceptors (Lipinski definition) is 3. The lowest BCUT2D eigenvalue weighted by molar-refractivity contribution is -0.0440. The van der Waals surface area contributed by atoms with Gasteiger partial charge in [0, 0.05) is 6.42 Å². The predicted molar refractivity (Wildman–Crippen MR) is 28.8 cm³/mol. The molecule has 8 heavy (non-hydrogen) atoms. The van der Waals surface area contributed by atoms with Crippen LogP contribution in [-0.4, -0.2) is 19.3 Å². The summed E-state index contributed by atoms with van der Waals surface area (Å²) in [6.45, 7) is 0.776. The van der Waals surface area contributed by atoms with Crippen LogP contribution in [-0.2, 0) is 9.47 Å². The minimum atomic E-state index is -0.132. The monoisotopic (exact) mass is 115 g/mol. The van der Waals surface area contributed by atoms with Gasteiger partial charge in [-0.05, 0) is 6.42 Å². The average molecular weight is 115 g/mol. The molecule has 1 saturated heterocycles. The van der Waals surface area contributed by atoms with Crippen molar-refractivity contribution in [3.05, 3.63) is 0 Å². The molecule has 46 valence electrons. The Labute approximate surface area is 48.1 Å².